The number of hydrogen-bond acceptors (Lipinski definition) is 3. The molecule has 2 N–H and O–H groups in total. The first-order valence-electron chi connectivity index (χ1n) is 6.45. The monoisotopic (exact) mass is 291 g/mol. The van der Waals surface area contributed by atoms with Crippen molar-refractivity contribution in [3.05, 3.63) is 58.6 Å². The number of aromatic hydroxyl groups is 1. The van der Waals surface area contributed by atoms with Gasteiger partial charge < -0.3 is 15.2 Å². The molecule has 2 rings (SSSR count). The molecule has 0 radical (unpaired) electrons. The van der Waals surface area contributed by atoms with Crippen molar-refractivity contribution in [1.29, 1.82) is 0 Å². The average molecular weight is 292 g/mol. The van der Waals surface area contributed by atoms with E-state index in [4.69, 9.17) is 16.3 Å². The summed E-state index contributed by atoms with van der Waals surface area (Å²) in [6.45, 7) is 2.77. The highest BCUT2D eigenvalue weighted by atomic mass is 35.5. The van der Waals surface area contributed by atoms with Gasteiger partial charge in [-0.15, -0.1) is 0 Å². The molecule has 0 fully saturated rings. The lowest BCUT2D eigenvalue weighted by atomic mass is 10.1. The third-order valence-electron chi connectivity index (χ3n) is 3.21. The van der Waals surface area contributed by atoms with E-state index < -0.39 is 0 Å². The number of ether oxygens (including phenoxy) is 1. The van der Waals surface area contributed by atoms with E-state index in [-0.39, 0.29) is 11.8 Å². The highest BCUT2D eigenvalue weighted by molar-refractivity contribution is 6.30. The summed E-state index contributed by atoms with van der Waals surface area (Å²) in [6, 6.07) is 13.3. The first kappa shape index (κ1) is 14.7. The van der Waals surface area contributed by atoms with Gasteiger partial charge in [-0.2, -0.15) is 0 Å². The van der Waals surface area contributed by atoms with Crippen molar-refractivity contribution in [2.75, 3.05) is 7.11 Å². The van der Waals surface area contributed by atoms with Crippen LogP contribution in [0.25, 0.3) is 0 Å². The van der Waals surface area contributed by atoms with Crippen molar-refractivity contribution >= 4 is 11.6 Å². The molecule has 0 bridgehead atoms. The Kier molecular flexibility index (Phi) is 4.88. The number of halogens is 1. The van der Waals surface area contributed by atoms with Crippen molar-refractivity contribution in [1.82, 2.24) is 5.32 Å². The second-order valence-corrected chi connectivity index (χ2v) is 5.10. The Morgan fingerprint density at radius 3 is 2.75 bits per heavy atom. The van der Waals surface area contributed by atoms with Crippen LogP contribution < -0.4 is 10.1 Å². The van der Waals surface area contributed by atoms with Gasteiger partial charge in [0.1, 0.15) is 0 Å². The summed E-state index contributed by atoms with van der Waals surface area (Å²) in [4.78, 5) is 0. The molecule has 0 aliphatic heterocycles. The Hall–Kier alpha value is -1.71. The topological polar surface area (TPSA) is 41.5 Å². The third-order valence-corrected chi connectivity index (χ3v) is 3.44. The number of phenolic OH excluding ortho intramolecular Hbond substituents is 1. The van der Waals surface area contributed by atoms with Crippen LogP contribution in [0.15, 0.2) is 42.5 Å². The average Bonchev–Trinajstić information content (AvgIpc) is 2.46. The zero-order valence-corrected chi connectivity index (χ0v) is 12.3. The van der Waals surface area contributed by atoms with Gasteiger partial charge in [-0.05, 0) is 42.3 Å². The van der Waals surface area contributed by atoms with Crippen LogP contribution in [0, 0.1) is 0 Å². The lowest BCUT2D eigenvalue weighted by Crippen LogP contribution is -2.18. The van der Waals surface area contributed by atoms with E-state index in [1.807, 2.05) is 36.4 Å². The molecule has 0 saturated heterocycles. The molecule has 0 aliphatic carbocycles. The van der Waals surface area contributed by atoms with Gasteiger partial charge in [0.15, 0.2) is 11.5 Å². The zero-order valence-electron chi connectivity index (χ0n) is 11.6. The lowest BCUT2D eigenvalue weighted by Gasteiger charge is -2.15. The molecule has 0 unspecified atom stereocenters. The Bertz CT molecular complexity index is 586. The molecule has 0 amide bonds. The first-order valence-corrected chi connectivity index (χ1v) is 6.82. The van der Waals surface area contributed by atoms with Gasteiger partial charge in [0.05, 0.1) is 7.11 Å². The summed E-state index contributed by atoms with van der Waals surface area (Å²) in [5, 5.41) is 13.7. The highest BCUT2D eigenvalue weighted by Gasteiger charge is 2.07. The Labute approximate surface area is 124 Å². The number of phenols is 1. The summed E-state index contributed by atoms with van der Waals surface area (Å²) in [5.74, 6) is 0.638. The second kappa shape index (κ2) is 6.64. The maximum Gasteiger partial charge on any atom is 0.160 e. The van der Waals surface area contributed by atoms with Crippen LogP contribution in [-0.2, 0) is 6.54 Å². The molecule has 1 atom stereocenters. The quantitative estimate of drug-likeness (QED) is 0.878. The molecule has 0 aliphatic rings. The fourth-order valence-corrected chi connectivity index (χ4v) is 2.20. The maximum atomic E-state index is 9.56. The molecule has 2 aromatic carbocycles. The number of benzene rings is 2. The van der Waals surface area contributed by atoms with Crippen LogP contribution in [0.1, 0.15) is 24.1 Å². The smallest absolute Gasteiger partial charge is 0.160 e. The predicted octanol–water partition coefficient (Wildman–Crippen LogP) is 3.91. The lowest BCUT2D eigenvalue weighted by molar-refractivity contribution is 0.372. The van der Waals surface area contributed by atoms with Crippen LogP contribution in [-0.4, -0.2) is 12.2 Å². The fourth-order valence-electron chi connectivity index (χ4n) is 2.00. The van der Waals surface area contributed by atoms with E-state index >= 15 is 0 Å². The van der Waals surface area contributed by atoms with Crippen molar-refractivity contribution in [2.45, 2.75) is 19.5 Å². The maximum absolute atomic E-state index is 9.56. The van der Waals surface area contributed by atoms with E-state index in [1.165, 1.54) is 0 Å². The molecule has 0 saturated carbocycles. The largest absolute Gasteiger partial charge is 0.504 e. The van der Waals surface area contributed by atoms with Crippen LogP contribution in [0.4, 0.5) is 0 Å². The Morgan fingerprint density at radius 2 is 2.05 bits per heavy atom. The number of hydrogen-bond donors (Lipinski definition) is 2. The SMILES string of the molecule is COc1cc(CN[C@@H](C)c2cccc(Cl)c2)ccc1O. The number of methoxy groups -OCH3 is 1. The molecular weight excluding hydrogens is 274 g/mol. The molecule has 20 heavy (non-hydrogen) atoms. The van der Waals surface area contributed by atoms with Crippen molar-refractivity contribution in [3.63, 3.8) is 0 Å². The highest BCUT2D eigenvalue weighted by Crippen LogP contribution is 2.26. The molecule has 3 nitrogen and oxygen atoms in total. The van der Waals surface area contributed by atoms with Gasteiger partial charge in [0, 0.05) is 17.6 Å². The first-order chi connectivity index (χ1) is 9.60. The van der Waals surface area contributed by atoms with Crippen LogP contribution in [0.2, 0.25) is 5.02 Å². The van der Waals surface area contributed by atoms with E-state index in [0.717, 1.165) is 16.1 Å². The molecule has 0 spiro atoms. The van der Waals surface area contributed by atoms with Gasteiger partial charge in [-0.3, -0.25) is 0 Å². The Balaban J connectivity index is 2.01. The van der Waals surface area contributed by atoms with Gasteiger partial charge in [0.2, 0.25) is 0 Å². The predicted molar refractivity (Wildman–Crippen MR) is 81.4 cm³/mol. The Morgan fingerprint density at radius 1 is 1.25 bits per heavy atom. The summed E-state index contributed by atoms with van der Waals surface area (Å²) < 4.78 is 5.10. The standard InChI is InChI=1S/C16H18ClNO2/c1-11(13-4-3-5-14(17)9-13)18-10-12-6-7-15(19)16(8-12)20-2/h3-9,11,18-19H,10H2,1-2H3/t11-/m0/s1. The minimum Gasteiger partial charge on any atom is -0.504 e. The molecule has 106 valence electrons. The molecule has 0 aromatic heterocycles. The van der Waals surface area contributed by atoms with Crippen molar-refractivity contribution in [3.8, 4) is 11.5 Å². The summed E-state index contributed by atoms with van der Waals surface area (Å²) in [6.07, 6.45) is 0. The van der Waals surface area contributed by atoms with Crippen LogP contribution in [0.5, 0.6) is 11.5 Å². The minimum atomic E-state index is 0.152. The minimum absolute atomic E-state index is 0.152. The van der Waals surface area contributed by atoms with Crippen molar-refractivity contribution < 1.29 is 9.84 Å². The number of nitrogens with one attached hydrogen (secondary N) is 1. The van der Waals surface area contributed by atoms with Crippen LogP contribution in [0.3, 0.4) is 0 Å². The third kappa shape index (κ3) is 3.65. The van der Waals surface area contributed by atoms with Gasteiger partial charge in [-0.1, -0.05) is 29.8 Å². The summed E-state index contributed by atoms with van der Waals surface area (Å²) in [5.41, 5.74) is 2.19. The van der Waals surface area contributed by atoms with Gasteiger partial charge in [0.25, 0.3) is 0 Å². The molecule has 0 heterocycles. The van der Waals surface area contributed by atoms with E-state index in [2.05, 4.69) is 12.2 Å². The van der Waals surface area contributed by atoms with Gasteiger partial charge in [-0.25, -0.2) is 0 Å². The summed E-state index contributed by atoms with van der Waals surface area (Å²) in [7, 11) is 1.54. The second-order valence-electron chi connectivity index (χ2n) is 4.66. The van der Waals surface area contributed by atoms with Crippen molar-refractivity contribution in [2.24, 2.45) is 0 Å². The molecule has 4 heteroatoms. The van der Waals surface area contributed by atoms with E-state index in [1.54, 1.807) is 13.2 Å². The van der Waals surface area contributed by atoms with Crippen LogP contribution >= 0.6 is 11.6 Å². The zero-order chi connectivity index (χ0) is 14.5. The number of rotatable bonds is 5. The van der Waals surface area contributed by atoms with Gasteiger partial charge >= 0.3 is 0 Å². The van der Waals surface area contributed by atoms with E-state index in [0.29, 0.717) is 12.3 Å². The molecule has 2 aromatic rings. The molecular formula is C16H18ClNO2. The van der Waals surface area contributed by atoms with E-state index in [9.17, 15) is 5.11 Å². The summed E-state index contributed by atoms with van der Waals surface area (Å²) >= 11 is 5.99. The fraction of sp³-hybridized carbons (Fsp3) is 0.250. The normalized spacial score (nSPS) is 12.2.